The van der Waals surface area contributed by atoms with Gasteiger partial charge in [0.15, 0.2) is 0 Å². The van der Waals surface area contributed by atoms with Gasteiger partial charge < -0.3 is 4.57 Å². The summed E-state index contributed by atoms with van der Waals surface area (Å²) in [6.45, 7) is 4.53. The van der Waals surface area contributed by atoms with Crippen LogP contribution in [0, 0.1) is 13.8 Å². The molecule has 0 spiro atoms. The Labute approximate surface area is 173 Å². The van der Waals surface area contributed by atoms with E-state index in [1.54, 1.807) is 23.5 Å². The molecule has 140 valence electrons. The summed E-state index contributed by atoms with van der Waals surface area (Å²) in [7, 11) is 0. The highest BCUT2D eigenvalue weighted by atomic mass is 32.2. The van der Waals surface area contributed by atoms with E-state index >= 15 is 0 Å². The first kappa shape index (κ1) is 18.6. The second-order valence-corrected chi connectivity index (χ2v) is 8.18. The van der Waals surface area contributed by atoms with Crippen molar-refractivity contribution in [1.82, 2.24) is 19.4 Å². The molecule has 0 bridgehead atoms. The molecule has 1 fully saturated rings. The maximum Gasteiger partial charge on any atom is 0.266 e. The van der Waals surface area contributed by atoms with Crippen LogP contribution in [0.5, 0.6) is 0 Å². The molecule has 3 aromatic rings. The summed E-state index contributed by atoms with van der Waals surface area (Å²) in [6, 6.07) is 9.81. The first-order chi connectivity index (χ1) is 13.5. The van der Waals surface area contributed by atoms with Gasteiger partial charge in [0, 0.05) is 30.0 Å². The minimum absolute atomic E-state index is 0.0648. The fourth-order valence-corrected chi connectivity index (χ4v) is 4.51. The van der Waals surface area contributed by atoms with E-state index in [9.17, 15) is 4.79 Å². The molecule has 4 heterocycles. The highest BCUT2D eigenvalue weighted by molar-refractivity contribution is 8.26. The molecule has 0 atom stereocenters. The monoisotopic (exact) mass is 406 g/mol. The molecule has 28 heavy (non-hydrogen) atoms. The van der Waals surface area contributed by atoms with E-state index in [0.717, 1.165) is 28.2 Å². The standard InChI is InChI=1S/C21H18N4OS2/c1-14-9-17(15(2)25(14)18-6-4-8-23-12-18)10-19-20(26)24(21(27)28-19)13-16-5-3-7-22-11-16/h3-12H,13H2,1-2H3. The SMILES string of the molecule is Cc1cc(C=C2SC(=S)N(Cc3cccnc3)C2=O)c(C)n1-c1cccnc1. The lowest BCUT2D eigenvalue weighted by Crippen LogP contribution is -2.27. The van der Waals surface area contributed by atoms with Crippen LogP contribution in [0.4, 0.5) is 0 Å². The fraction of sp³-hybridized carbons (Fsp3) is 0.143. The molecule has 0 unspecified atom stereocenters. The smallest absolute Gasteiger partial charge is 0.266 e. The van der Waals surface area contributed by atoms with Gasteiger partial charge in [-0.05, 0) is 55.3 Å². The Kier molecular flexibility index (Phi) is 5.11. The first-order valence-corrected chi connectivity index (χ1v) is 10.0. The van der Waals surface area contributed by atoms with Crippen LogP contribution in [0.3, 0.4) is 0 Å². The predicted molar refractivity (Wildman–Crippen MR) is 116 cm³/mol. The van der Waals surface area contributed by atoms with Gasteiger partial charge in [-0.3, -0.25) is 19.7 Å². The first-order valence-electron chi connectivity index (χ1n) is 8.78. The van der Waals surface area contributed by atoms with Gasteiger partial charge in [0.25, 0.3) is 5.91 Å². The molecule has 5 nitrogen and oxygen atoms in total. The second-order valence-electron chi connectivity index (χ2n) is 6.50. The fourth-order valence-electron chi connectivity index (χ4n) is 3.27. The summed E-state index contributed by atoms with van der Waals surface area (Å²) in [5.41, 5.74) is 5.10. The molecule has 0 aromatic carbocycles. The van der Waals surface area contributed by atoms with E-state index in [0.29, 0.717) is 15.8 Å². The largest absolute Gasteiger partial charge is 0.316 e. The maximum absolute atomic E-state index is 12.9. The van der Waals surface area contributed by atoms with Gasteiger partial charge in [-0.1, -0.05) is 30.0 Å². The zero-order chi connectivity index (χ0) is 19.7. The highest BCUT2D eigenvalue weighted by Crippen LogP contribution is 2.34. The zero-order valence-corrected chi connectivity index (χ0v) is 17.1. The Morgan fingerprint density at radius 3 is 2.57 bits per heavy atom. The lowest BCUT2D eigenvalue weighted by molar-refractivity contribution is -0.122. The average Bonchev–Trinajstić information content (AvgIpc) is 3.13. The van der Waals surface area contributed by atoms with Gasteiger partial charge >= 0.3 is 0 Å². The van der Waals surface area contributed by atoms with Gasteiger partial charge in [-0.25, -0.2) is 0 Å². The van der Waals surface area contributed by atoms with Crippen LogP contribution in [-0.4, -0.2) is 29.7 Å². The van der Waals surface area contributed by atoms with Crippen LogP contribution >= 0.6 is 24.0 Å². The van der Waals surface area contributed by atoms with Crippen molar-refractivity contribution in [2.45, 2.75) is 20.4 Å². The van der Waals surface area contributed by atoms with Crippen molar-refractivity contribution in [3.05, 3.63) is 82.5 Å². The summed E-state index contributed by atoms with van der Waals surface area (Å²) in [5, 5.41) is 0. The summed E-state index contributed by atoms with van der Waals surface area (Å²) in [4.78, 5) is 23.5. The maximum atomic E-state index is 12.9. The molecule has 0 saturated carbocycles. The van der Waals surface area contributed by atoms with Crippen LogP contribution in [0.15, 0.2) is 60.0 Å². The third-order valence-corrected chi connectivity index (χ3v) is 5.98. The van der Waals surface area contributed by atoms with Gasteiger partial charge in [-0.2, -0.15) is 0 Å². The van der Waals surface area contributed by atoms with Crippen molar-refractivity contribution in [3.63, 3.8) is 0 Å². The second kappa shape index (κ2) is 7.69. The number of carbonyl (C=O) groups excluding carboxylic acids is 1. The van der Waals surface area contributed by atoms with Crippen LogP contribution in [0.25, 0.3) is 11.8 Å². The van der Waals surface area contributed by atoms with Gasteiger partial charge in [0.1, 0.15) is 4.32 Å². The number of amides is 1. The number of aromatic nitrogens is 3. The summed E-state index contributed by atoms with van der Waals surface area (Å²) in [6.07, 6.45) is 8.98. The topological polar surface area (TPSA) is 51.0 Å². The summed E-state index contributed by atoms with van der Waals surface area (Å²) < 4.78 is 2.70. The minimum atomic E-state index is -0.0648. The average molecular weight is 407 g/mol. The van der Waals surface area contributed by atoms with Gasteiger partial charge in [0.05, 0.1) is 23.3 Å². The molecule has 1 aliphatic rings. The van der Waals surface area contributed by atoms with Gasteiger partial charge in [0.2, 0.25) is 0 Å². The number of pyridine rings is 2. The number of rotatable bonds is 4. The van der Waals surface area contributed by atoms with E-state index in [2.05, 4.69) is 20.6 Å². The van der Waals surface area contributed by atoms with Gasteiger partial charge in [-0.15, -0.1) is 0 Å². The Hall–Kier alpha value is -2.77. The molecule has 0 aliphatic carbocycles. The van der Waals surface area contributed by atoms with Crippen LogP contribution in [-0.2, 0) is 11.3 Å². The molecule has 0 N–H and O–H groups in total. The number of aryl methyl sites for hydroxylation is 1. The Morgan fingerprint density at radius 2 is 1.89 bits per heavy atom. The van der Waals surface area contributed by atoms with Crippen molar-refractivity contribution in [2.75, 3.05) is 0 Å². The molecule has 1 aliphatic heterocycles. The number of nitrogens with zero attached hydrogens (tertiary/aromatic N) is 4. The normalized spacial score (nSPS) is 15.6. The lowest BCUT2D eigenvalue weighted by atomic mass is 10.2. The van der Waals surface area contributed by atoms with E-state index in [1.807, 2.05) is 50.4 Å². The number of thioether (sulfide) groups is 1. The number of carbonyl (C=O) groups is 1. The predicted octanol–water partition coefficient (Wildman–Crippen LogP) is 4.29. The third-order valence-electron chi connectivity index (χ3n) is 4.60. The molecule has 1 saturated heterocycles. The number of thiocarbonyl (C=S) groups is 1. The molecule has 4 rings (SSSR count). The van der Waals surface area contributed by atoms with Crippen LogP contribution < -0.4 is 0 Å². The molecule has 3 aromatic heterocycles. The van der Waals surface area contributed by atoms with Crippen molar-refractivity contribution >= 4 is 40.3 Å². The van der Waals surface area contributed by atoms with E-state index < -0.39 is 0 Å². The minimum Gasteiger partial charge on any atom is -0.316 e. The highest BCUT2D eigenvalue weighted by Gasteiger charge is 2.32. The Balaban J connectivity index is 1.63. The molecular weight excluding hydrogens is 388 g/mol. The van der Waals surface area contributed by atoms with Crippen molar-refractivity contribution in [1.29, 1.82) is 0 Å². The van der Waals surface area contributed by atoms with E-state index in [-0.39, 0.29) is 5.91 Å². The Bertz CT molecular complexity index is 1070. The van der Waals surface area contributed by atoms with Crippen LogP contribution in [0.2, 0.25) is 0 Å². The Morgan fingerprint density at radius 1 is 1.14 bits per heavy atom. The van der Waals surface area contributed by atoms with Crippen molar-refractivity contribution in [3.8, 4) is 5.69 Å². The van der Waals surface area contributed by atoms with E-state index in [4.69, 9.17) is 12.2 Å². The third kappa shape index (κ3) is 3.50. The zero-order valence-electron chi connectivity index (χ0n) is 15.5. The van der Waals surface area contributed by atoms with Crippen molar-refractivity contribution < 1.29 is 4.79 Å². The lowest BCUT2D eigenvalue weighted by Gasteiger charge is -2.13. The summed E-state index contributed by atoms with van der Waals surface area (Å²) >= 11 is 6.79. The van der Waals surface area contributed by atoms with E-state index in [1.165, 1.54) is 11.8 Å². The number of hydrogen-bond donors (Lipinski definition) is 0. The number of hydrogen-bond acceptors (Lipinski definition) is 5. The quantitative estimate of drug-likeness (QED) is 0.478. The van der Waals surface area contributed by atoms with Crippen LogP contribution in [0.1, 0.15) is 22.5 Å². The molecule has 7 heteroatoms. The molecule has 1 amide bonds. The summed E-state index contributed by atoms with van der Waals surface area (Å²) in [5.74, 6) is -0.0648. The molecule has 0 radical (unpaired) electrons. The van der Waals surface area contributed by atoms with Crippen molar-refractivity contribution in [2.24, 2.45) is 0 Å². The molecular formula is C21H18N4OS2.